The van der Waals surface area contributed by atoms with Crippen molar-refractivity contribution >= 4 is 11.8 Å². The van der Waals surface area contributed by atoms with Gasteiger partial charge in [-0.3, -0.25) is 14.5 Å². The average Bonchev–Trinajstić information content (AvgIpc) is 2.82. The third kappa shape index (κ3) is 3.23. The molecule has 1 heterocycles. The van der Waals surface area contributed by atoms with Gasteiger partial charge in [0.25, 0.3) is 5.91 Å². The first-order valence-corrected chi connectivity index (χ1v) is 7.49. The van der Waals surface area contributed by atoms with Crippen molar-refractivity contribution in [2.45, 2.75) is 25.6 Å². The molecule has 1 aliphatic heterocycles. The Labute approximate surface area is 129 Å². The summed E-state index contributed by atoms with van der Waals surface area (Å²) in [5.74, 6) is -0.159. The van der Waals surface area contributed by atoms with Crippen molar-refractivity contribution in [3.05, 3.63) is 71.8 Å². The van der Waals surface area contributed by atoms with Crippen LogP contribution in [0.1, 0.15) is 17.5 Å². The fraction of sp³-hybridized carbons (Fsp3) is 0.222. The first-order chi connectivity index (χ1) is 10.7. The number of nitrogens with zero attached hydrogens (tertiary/aromatic N) is 1. The SMILES string of the molecule is O=C1C[C@H]([NH2+]Cc2ccccc2)C(=O)N1Cc1ccccc1. The van der Waals surface area contributed by atoms with Gasteiger partial charge < -0.3 is 5.32 Å². The van der Waals surface area contributed by atoms with E-state index in [1.54, 1.807) is 0 Å². The predicted molar refractivity (Wildman–Crippen MR) is 82.5 cm³/mol. The predicted octanol–water partition coefficient (Wildman–Crippen LogP) is 1.08. The molecule has 112 valence electrons. The molecule has 1 fully saturated rings. The molecule has 0 radical (unpaired) electrons. The fourth-order valence-corrected chi connectivity index (χ4v) is 2.72. The first-order valence-electron chi connectivity index (χ1n) is 7.49. The average molecular weight is 295 g/mol. The van der Waals surface area contributed by atoms with Crippen LogP contribution in [0.2, 0.25) is 0 Å². The summed E-state index contributed by atoms with van der Waals surface area (Å²) in [6.07, 6.45) is 0.290. The van der Waals surface area contributed by atoms with Gasteiger partial charge in [-0.1, -0.05) is 60.7 Å². The molecular formula is C18H19N2O2+. The van der Waals surface area contributed by atoms with Gasteiger partial charge >= 0.3 is 0 Å². The molecule has 0 saturated carbocycles. The van der Waals surface area contributed by atoms with Crippen molar-refractivity contribution in [2.24, 2.45) is 0 Å². The molecule has 4 nitrogen and oxygen atoms in total. The normalized spacial score (nSPS) is 18.0. The van der Waals surface area contributed by atoms with Crippen LogP contribution in [0.5, 0.6) is 0 Å². The van der Waals surface area contributed by atoms with Crippen LogP contribution in [0.4, 0.5) is 0 Å². The van der Waals surface area contributed by atoms with Gasteiger partial charge in [0.2, 0.25) is 5.91 Å². The van der Waals surface area contributed by atoms with Gasteiger partial charge in [-0.05, 0) is 5.56 Å². The van der Waals surface area contributed by atoms with Crippen molar-refractivity contribution in [3.8, 4) is 0 Å². The molecule has 0 aromatic heterocycles. The monoisotopic (exact) mass is 295 g/mol. The summed E-state index contributed by atoms with van der Waals surface area (Å²) < 4.78 is 0. The molecule has 2 amide bonds. The van der Waals surface area contributed by atoms with Crippen molar-refractivity contribution < 1.29 is 14.9 Å². The zero-order valence-corrected chi connectivity index (χ0v) is 12.3. The summed E-state index contributed by atoms with van der Waals surface area (Å²) >= 11 is 0. The minimum absolute atomic E-state index is 0.0789. The molecule has 1 saturated heterocycles. The van der Waals surface area contributed by atoms with Gasteiger partial charge in [-0.15, -0.1) is 0 Å². The fourth-order valence-electron chi connectivity index (χ4n) is 2.72. The maximum atomic E-state index is 12.4. The van der Waals surface area contributed by atoms with E-state index in [1.165, 1.54) is 4.90 Å². The van der Waals surface area contributed by atoms with E-state index in [0.717, 1.165) is 11.1 Å². The van der Waals surface area contributed by atoms with E-state index in [4.69, 9.17) is 0 Å². The van der Waals surface area contributed by atoms with Crippen LogP contribution in [-0.2, 0) is 22.7 Å². The highest BCUT2D eigenvalue weighted by Gasteiger charge is 2.40. The van der Waals surface area contributed by atoms with Crippen molar-refractivity contribution in [1.29, 1.82) is 0 Å². The quantitative estimate of drug-likeness (QED) is 0.839. The molecule has 0 aliphatic carbocycles. The lowest BCUT2D eigenvalue weighted by molar-refractivity contribution is -0.690. The summed E-state index contributed by atoms with van der Waals surface area (Å²) in [5, 5.41) is 1.96. The minimum atomic E-state index is -0.295. The van der Waals surface area contributed by atoms with E-state index in [0.29, 0.717) is 19.5 Å². The molecule has 3 rings (SSSR count). The number of carbonyl (C=O) groups excluding carboxylic acids is 2. The lowest BCUT2D eigenvalue weighted by Gasteiger charge is -2.14. The number of carbonyl (C=O) groups is 2. The van der Waals surface area contributed by atoms with E-state index in [-0.39, 0.29) is 17.9 Å². The number of amides is 2. The number of benzene rings is 2. The second-order valence-corrected chi connectivity index (χ2v) is 5.54. The molecule has 0 spiro atoms. The van der Waals surface area contributed by atoms with E-state index >= 15 is 0 Å². The molecule has 4 heteroatoms. The zero-order chi connectivity index (χ0) is 15.4. The molecule has 1 aliphatic rings. The van der Waals surface area contributed by atoms with Crippen LogP contribution in [0.25, 0.3) is 0 Å². The Morgan fingerprint density at radius 3 is 2.14 bits per heavy atom. The van der Waals surface area contributed by atoms with Crippen LogP contribution >= 0.6 is 0 Å². The standard InChI is InChI=1S/C18H18N2O2/c21-17-11-16(19-12-14-7-3-1-4-8-14)18(22)20(17)13-15-9-5-2-6-10-15/h1-10,16,19H,11-13H2/p+1/t16-/m0/s1. The Kier molecular flexibility index (Phi) is 4.30. The Morgan fingerprint density at radius 1 is 0.909 bits per heavy atom. The molecule has 0 bridgehead atoms. The first kappa shape index (κ1) is 14.5. The molecule has 0 unspecified atom stereocenters. The number of hydrogen-bond acceptors (Lipinski definition) is 2. The summed E-state index contributed by atoms with van der Waals surface area (Å²) in [5.41, 5.74) is 2.14. The molecule has 2 aromatic carbocycles. The van der Waals surface area contributed by atoms with Crippen LogP contribution < -0.4 is 5.32 Å². The Bertz CT molecular complexity index is 655. The lowest BCUT2D eigenvalue weighted by atomic mass is 10.2. The molecule has 2 aromatic rings. The van der Waals surface area contributed by atoms with E-state index in [2.05, 4.69) is 0 Å². The maximum absolute atomic E-state index is 12.4. The highest BCUT2D eigenvalue weighted by molar-refractivity contribution is 6.04. The van der Waals surface area contributed by atoms with Crippen molar-refractivity contribution in [1.82, 2.24) is 4.90 Å². The number of quaternary nitrogens is 1. The Morgan fingerprint density at radius 2 is 1.50 bits per heavy atom. The highest BCUT2D eigenvalue weighted by Crippen LogP contribution is 2.14. The van der Waals surface area contributed by atoms with Gasteiger partial charge in [-0.25, -0.2) is 0 Å². The summed E-state index contributed by atoms with van der Waals surface area (Å²) in [6.45, 7) is 1.08. The molecule has 1 atom stereocenters. The Balaban J connectivity index is 1.61. The number of imide groups is 1. The summed E-state index contributed by atoms with van der Waals surface area (Å²) in [4.78, 5) is 25.9. The largest absolute Gasteiger partial charge is 0.332 e. The second kappa shape index (κ2) is 6.54. The van der Waals surface area contributed by atoms with Gasteiger partial charge in [0.1, 0.15) is 6.54 Å². The lowest BCUT2D eigenvalue weighted by Crippen LogP contribution is -2.90. The number of likely N-dealkylation sites (tertiary alicyclic amines) is 1. The maximum Gasteiger partial charge on any atom is 0.288 e. The van der Waals surface area contributed by atoms with Crippen LogP contribution in [0, 0.1) is 0 Å². The van der Waals surface area contributed by atoms with E-state index in [9.17, 15) is 9.59 Å². The van der Waals surface area contributed by atoms with Crippen LogP contribution in [0.15, 0.2) is 60.7 Å². The zero-order valence-electron chi connectivity index (χ0n) is 12.3. The van der Waals surface area contributed by atoms with Gasteiger partial charge in [-0.2, -0.15) is 0 Å². The Hall–Kier alpha value is -2.46. The molecular weight excluding hydrogens is 276 g/mol. The highest BCUT2D eigenvalue weighted by atomic mass is 16.2. The summed E-state index contributed by atoms with van der Waals surface area (Å²) in [7, 11) is 0. The minimum Gasteiger partial charge on any atom is -0.332 e. The van der Waals surface area contributed by atoms with Gasteiger partial charge in [0, 0.05) is 5.56 Å². The third-order valence-electron chi connectivity index (χ3n) is 3.94. The molecule has 2 N–H and O–H groups in total. The number of rotatable bonds is 5. The number of hydrogen-bond donors (Lipinski definition) is 1. The van der Waals surface area contributed by atoms with Gasteiger partial charge in [0.05, 0.1) is 13.0 Å². The van der Waals surface area contributed by atoms with Crippen LogP contribution in [0.3, 0.4) is 0 Å². The van der Waals surface area contributed by atoms with Crippen molar-refractivity contribution in [3.63, 3.8) is 0 Å². The third-order valence-corrected chi connectivity index (χ3v) is 3.94. The topological polar surface area (TPSA) is 54.0 Å². The summed E-state index contributed by atoms with van der Waals surface area (Å²) in [6, 6.07) is 19.3. The van der Waals surface area contributed by atoms with Crippen LogP contribution in [-0.4, -0.2) is 22.8 Å². The number of nitrogens with two attached hydrogens (primary N) is 1. The van der Waals surface area contributed by atoms with E-state index in [1.807, 2.05) is 66.0 Å². The van der Waals surface area contributed by atoms with Crippen molar-refractivity contribution in [2.75, 3.05) is 0 Å². The van der Waals surface area contributed by atoms with E-state index < -0.39 is 0 Å². The molecule has 22 heavy (non-hydrogen) atoms. The second-order valence-electron chi connectivity index (χ2n) is 5.54. The smallest absolute Gasteiger partial charge is 0.288 e. The van der Waals surface area contributed by atoms with Gasteiger partial charge in [0.15, 0.2) is 6.04 Å².